The third-order valence-corrected chi connectivity index (χ3v) is 3.83. The van der Waals surface area contributed by atoms with Gasteiger partial charge in [0.15, 0.2) is 5.82 Å². The van der Waals surface area contributed by atoms with Gasteiger partial charge in [0.2, 0.25) is 0 Å². The van der Waals surface area contributed by atoms with Crippen molar-refractivity contribution in [1.82, 2.24) is 10.2 Å². The molecule has 82 valence electrons. The molecule has 1 aliphatic rings. The maximum atomic E-state index is 8.86. The van der Waals surface area contributed by atoms with E-state index in [-0.39, 0.29) is 6.61 Å². The van der Waals surface area contributed by atoms with Crippen LogP contribution in [0.5, 0.6) is 0 Å². The molecule has 0 spiro atoms. The molecule has 1 aromatic heterocycles. The number of hydrogen-bond donors (Lipinski definition) is 1. The van der Waals surface area contributed by atoms with Crippen molar-refractivity contribution in [1.29, 1.82) is 0 Å². The molecule has 2 heterocycles. The van der Waals surface area contributed by atoms with Crippen molar-refractivity contribution in [2.24, 2.45) is 0 Å². The highest BCUT2D eigenvalue weighted by Gasteiger charge is 2.21. The lowest BCUT2D eigenvalue weighted by Gasteiger charge is -2.24. The Kier molecular flexibility index (Phi) is 3.43. The summed E-state index contributed by atoms with van der Waals surface area (Å²) in [7, 11) is 2.05. The van der Waals surface area contributed by atoms with Crippen molar-refractivity contribution in [2.75, 3.05) is 23.5 Å². The number of rotatable bonds is 3. The monoisotopic (exact) mass is 225 g/mol. The number of thioether (sulfide) groups is 1. The second-order valence-corrected chi connectivity index (χ2v) is 4.82. The standard InChI is InChI=1S/C10H15N3OS/c1-13(9-4-5-15-7-9)10-3-2-8(6-14)11-12-10/h2-3,9,14H,4-7H2,1H3. The minimum absolute atomic E-state index is 0.0454. The molecule has 4 nitrogen and oxygen atoms in total. The van der Waals surface area contributed by atoms with Gasteiger partial charge in [0.25, 0.3) is 0 Å². The predicted octanol–water partition coefficient (Wildman–Crippen LogP) is 0.911. The second-order valence-electron chi connectivity index (χ2n) is 3.67. The summed E-state index contributed by atoms with van der Waals surface area (Å²) in [6.07, 6.45) is 1.21. The summed E-state index contributed by atoms with van der Waals surface area (Å²) >= 11 is 1.98. The van der Waals surface area contributed by atoms with Crippen LogP contribution in [-0.2, 0) is 6.61 Å². The summed E-state index contributed by atoms with van der Waals surface area (Å²) in [6, 6.07) is 4.31. The molecule has 0 aliphatic carbocycles. The van der Waals surface area contributed by atoms with E-state index < -0.39 is 0 Å². The lowest BCUT2D eigenvalue weighted by Crippen LogP contribution is -2.32. The molecule has 15 heavy (non-hydrogen) atoms. The Morgan fingerprint density at radius 3 is 2.93 bits per heavy atom. The summed E-state index contributed by atoms with van der Waals surface area (Å²) in [5, 5.41) is 16.9. The van der Waals surface area contributed by atoms with Crippen molar-refractivity contribution >= 4 is 17.6 Å². The van der Waals surface area contributed by atoms with E-state index in [4.69, 9.17) is 5.11 Å². The number of aliphatic hydroxyl groups is 1. The van der Waals surface area contributed by atoms with Crippen molar-refractivity contribution in [3.05, 3.63) is 17.8 Å². The van der Waals surface area contributed by atoms with Gasteiger partial charge in [0.1, 0.15) is 0 Å². The topological polar surface area (TPSA) is 49.2 Å². The first-order valence-electron chi connectivity index (χ1n) is 5.05. The zero-order valence-electron chi connectivity index (χ0n) is 8.76. The number of aliphatic hydroxyl groups excluding tert-OH is 1. The fourth-order valence-corrected chi connectivity index (χ4v) is 2.91. The Hall–Kier alpha value is -0.810. The smallest absolute Gasteiger partial charge is 0.151 e. The maximum absolute atomic E-state index is 8.86. The molecule has 1 atom stereocenters. The Morgan fingerprint density at radius 2 is 2.40 bits per heavy atom. The Balaban J connectivity index is 2.07. The molecule has 1 aliphatic heterocycles. The Labute approximate surface area is 93.7 Å². The minimum atomic E-state index is -0.0454. The van der Waals surface area contributed by atoms with Gasteiger partial charge in [0, 0.05) is 18.8 Å². The minimum Gasteiger partial charge on any atom is -0.390 e. The van der Waals surface area contributed by atoms with E-state index in [9.17, 15) is 0 Å². The molecule has 0 amide bonds. The lowest BCUT2D eigenvalue weighted by molar-refractivity contribution is 0.275. The van der Waals surface area contributed by atoms with Crippen molar-refractivity contribution in [3.63, 3.8) is 0 Å². The van der Waals surface area contributed by atoms with Crippen molar-refractivity contribution in [3.8, 4) is 0 Å². The fourth-order valence-electron chi connectivity index (χ4n) is 1.64. The Morgan fingerprint density at radius 1 is 1.53 bits per heavy atom. The normalized spacial score (nSPS) is 20.5. The van der Waals surface area contributed by atoms with Crippen LogP contribution in [0, 0.1) is 0 Å². The highest BCUT2D eigenvalue weighted by Crippen LogP contribution is 2.24. The van der Waals surface area contributed by atoms with Crippen LogP contribution in [0.4, 0.5) is 5.82 Å². The molecule has 1 saturated heterocycles. The summed E-state index contributed by atoms with van der Waals surface area (Å²) in [5.41, 5.74) is 0.618. The summed E-state index contributed by atoms with van der Waals surface area (Å²) in [5.74, 6) is 3.29. The van der Waals surface area contributed by atoms with E-state index in [1.807, 2.05) is 23.9 Å². The summed E-state index contributed by atoms with van der Waals surface area (Å²) < 4.78 is 0. The lowest BCUT2D eigenvalue weighted by atomic mass is 10.2. The molecule has 0 saturated carbocycles. The van der Waals surface area contributed by atoms with E-state index in [1.165, 1.54) is 17.9 Å². The van der Waals surface area contributed by atoms with E-state index in [0.29, 0.717) is 11.7 Å². The SMILES string of the molecule is CN(c1ccc(CO)nn1)C1CCSC1. The highest BCUT2D eigenvalue weighted by atomic mass is 32.2. The molecule has 1 N–H and O–H groups in total. The van der Waals surface area contributed by atoms with Gasteiger partial charge >= 0.3 is 0 Å². The van der Waals surface area contributed by atoms with Crippen molar-refractivity contribution in [2.45, 2.75) is 19.1 Å². The first-order chi connectivity index (χ1) is 7.31. The van der Waals surface area contributed by atoms with E-state index in [0.717, 1.165) is 5.82 Å². The zero-order valence-corrected chi connectivity index (χ0v) is 9.57. The van der Waals surface area contributed by atoms with Gasteiger partial charge in [-0.2, -0.15) is 16.9 Å². The first-order valence-corrected chi connectivity index (χ1v) is 6.21. The second kappa shape index (κ2) is 4.81. The molecule has 1 aromatic rings. The maximum Gasteiger partial charge on any atom is 0.151 e. The van der Waals surface area contributed by atoms with Gasteiger partial charge < -0.3 is 10.0 Å². The van der Waals surface area contributed by atoms with Crippen LogP contribution in [-0.4, -0.2) is 39.9 Å². The largest absolute Gasteiger partial charge is 0.390 e. The molecule has 0 radical (unpaired) electrons. The quantitative estimate of drug-likeness (QED) is 0.828. The zero-order chi connectivity index (χ0) is 10.7. The molecule has 0 aromatic carbocycles. The average Bonchev–Trinajstić information content (AvgIpc) is 2.82. The van der Waals surface area contributed by atoms with Gasteiger partial charge in [-0.3, -0.25) is 0 Å². The molecule has 2 rings (SSSR count). The van der Waals surface area contributed by atoms with Crippen LogP contribution >= 0.6 is 11.8 Å². The third-order valence-electron chi connectivity index (χ3n) is 2.68. The highest BCUT2D eigenvalue weighted by molar-refractivity contribution is 7.99. The number of hydrogen-bond acceptors (Lipinski definition) is 5. The van der Waals surface area contributed by atoms with Crippen LogP contribution in [0.2, 0.25) is 0 Å². The summed E-state index contributed by atoms with van der Waals surface area (Å²) in [4.78, 5) is 2.17. The van der Waals surface area contributed by atoms with Gasteiger partial charge in [-0.25, -0.2) is 0 Å². The van der Waals surface area contributed by atoms with Crippen LogP contribution < -0.4 is 4.90 Å². The summed E-state index contributed by atoms with van der Waals surface area (Å²) in [6.45, 7) is -0.0454. The van der Waals surface area contributed by atoms with Crippen LogP contribution in [0.25, 0.3) is 0 Å². The van der Waals surface area contributed by atoms with Gasteiger partial charge in [-0.05, 0) is 24.3 Å². The van der Waals surface area contributed by atoms with Gasteiger partial charge in [-0.1, -0.05) is 0 Å². The Bertz CT molecular complexity index is 311. The third kappa shape index (κ3) is 2.41. The van der Waals surface area contributed by atoms with Gasteiger partial charge in [-0.15, -0.1) is 5.10 Å². The fraction of sp³-hybridized carbons (Fsp3) is 0.600. The molecular formula is C10H15N3OS. The van der Waals surface area contributed by atoms with Gasteiger partial charge in [0.05, 0.1) is 12.3 Å². The molecule has 1 unspecified atom stereocenters. The van der Waals surface area contributed by atoms with Crippen LogP contribution in [0.3, 0.4) is 0 Å². The number of nitrogens with zero attached hydrogens (tertiary/aromatic N) is 3. The van der Waals surface area contributed by atoms with Crippen LogP contribution in [0.15, 0.2) is 12.1 Å². The average molecular weight is 225 g/mol. The van der Waals surface area contributed by atoms with E-state index in [2.05, 4.69) is 22.1 Å². The van der Waals surface area contributed by atoms with E-state index in [1.54, 1.807) is 0 Å². The molecular weight excluding hydrogens is 210 g/mol. The van der Waals surface area contributed by atoms with Crippen LogP contribution in [0.1, 0.15) is 12.1 Å². The molecule has 5 heteroatoms. The molecule has 0 bridgehead atoms. The van der Waals surface area contributed by atoms with E-state index >= 15 is 0 Å². The number of aromatic nitrogens is 2. The number of anilines is 1. The van der Waals surface area contributed by atoms with Crippen molar-refractivity contribution < 1.29 is 5.11 Å². The first kappa shape index (κ1) is 10.7. The molecule has 1 fully saturated rings. The predicted molar refractivity (Wildman–Crippen MR) is 62.1 cm³/mol.